The van der Waals surface area contributed by atoms with Crippen LogP contribution in [0.1, 0.15) is 29.0 Å². The second-order valence-electron chi connectivity index (χ2n) is 7.76. The number of likely N-dealkylation sites (tertiary alicyclic amines) is 1. The van der Waals surface area contributed by atoms with E-state index in [9.17, 15) is 13.2 Å². The summed E-state index contributed by atoms with van der Waals surface area (Å²) in [7, 11) is -2.01. The normalized spacial score (nSPS) is 18.8. The number of hydrogen-bond donors (Lipinski definition) is 0. The van der Waals surface area contributed by atoms with Gasteiger partial charge in [0.05, 0.1) is 23.1 Å². The van der Waals surface area contributed by atoms with E-state index in [0.717, 1.165) is 5.65 Å². The summed E-state index contributed by atoms with van der Waals surface area (Å²) in [6, 6.07) is 12.8. The van der Waals surface area contributed by atoms with Crippen LogP contribution in [0.25, 0.3) is 5.65 Å². The Labute approximate surface area is 175 Å². The molecular formula is C21H23N5O3S. The summed E-state index contributed by atoms with van der Waals surface area (Å²) >= 11 is 0. The van der Waals surface area contributed by atoms with Crippen LogP contribution in [0.2, 0.25) is 0 Å². The summed E-state index contributed by atoms with van der Waals surface area (Å²) in [5, 5.41) is 0. The first kappa shape index (κ1) is 18.9. The number of pyridine rings is 1. The van der Waals surface area contributed by atoms with Crippen molar-refractivity contribution in [2.24, 2.45) is 0 Å². The minimum absolute atomic E-state index is 0.0635. The smallest absolute Gasteiger partial charge is 0.326 e. The Morgan fingerprint density at radius 3 is 2.43 bits per heavy atom. The molecule has 2 aromatic heterocycles. The Hall–Kier alpha value is -3.07. The highest BCUT2D eigenvalue weighted by atomic mass is 32.2. The number of carbonyl (C=O) groups excluding carboxylic acids is 1. The van der Waals surface area contributed by atoms with E-state index in [0.29, 0.717) is 48.7 Å². The van der Waals surface area contributed by atoms with E-state index < -0.39 is 10.2 Å². The van der Waals surface area contributed by atoms with Crippen LogP contribution in [0.15, 0.2) is 48.7 Å². The Kier molecular flexibility index (Phi) is 4.25. The molecule has 0 bridgehead atoms. The van der Waals surface area contributed by atoms with E-state index in [2.05, 4.69) is 4.98 Å². The SMILES string of the molecule is Cc1nc2ccccn2c1C(=O)N1CCC(N2c3ccccc3N(C)S2(=O)=O)CC1. The van der Waals surface area contributed by atoms with Gasteiger partial charge in [-0.15, -0.1) is 0 Å². The topological polar surface area (TPSA) is 78.2 Å². The number of carbonyl (C=O) groups is 1. The third-order valence-corrected chi connectivity index (χ3v) is 7.92. The molecule has 1 amide bonds. The van der Waals surface area contributed by atoms with Crippen molar-refractivity contribution in [1.82, 2.24) is 14.3 Å². The molecule has 9 heteroatoms. The molecule has 2 aliphatic rings. The first-order chi connectivity index (χ1) is 14.4. The van der Waals surface area contributed by atoms with Gasteiger partial charge in [-0.05, 0) is 44.0 Å². The number of hydrogen-bond acceptors (Lipinski definition) is 4. The van der Waals surface area contributed by atoms with Gasteiger partial charge in [0.2, 0.25) is 0 Å². The van der Waals surface area contributed by atoms with Crippen LogP contribution in [0.4, 0.5) is 11.4 Å². The van der Waals surface area contributed by atoms with Gasteiger partial charge in [0.25, 0.3) is 5.91 Å². The molecule has 3 aromatic rings. The fourth-order valence-electron chi connectivity index (χ4n) is 4.51. The molecule has 0 radical (unpaired) electrons. The first-order valence-corrected chi connectivity index (χ1v) is 11.4. The summed E-state index contributed by atoms with van der Waals surface area (Å²) in [5.41, 5.74) is 3.42. The zero-order valence-corrected chi connectivity index (χ0v) is 17.7. The Bertz CT molecular complexity index is 1240. The molecule has 156 valence electrons. The molecule has 1 aromatic carbocycles. The number of anilines is 2. The van der Waals surface area contributed by atoms with E-state index in [4.69, 9.17) is 0 Å². The van der Waals surface area contributed by atoms with E-state index in [1.54, 1.807) is 11.9 Å². The number of imidazole rings is 1. The first-order valence-electron chi connectivity index (χ1n) is 10.00. The third-order valence-electron chi connectivity index (χ3n) is 6.04. The van der Waals surface area contributed by atoms with Crippen LogP contribution in [-0.4, -0.2) is 54.8 Å². The van der Waals surface area contributed by atoms with Crippen molar-refractivity contribution >= 4 is 33.1 Å². The van der Waals surface area contributed by atoms with E-state index >= 15 is 0 Å². The van der Waals surface area contributed by atoms with Gasteiger partial charge in [0, 0.05) is 26.3 Å². The standard InChI is InChI=1S/C21H23N5O3S/c1-15-20(25-12-6-5-9-19(25)22-15)21(27)24-13-10-16(11-14-24)26-18-8-4-3-7-17(18)23(2)30(26,28)29/h3-9,12,16H,10-11,13-14H2,1-2H3. The largest absolute Gasteiger partial charge is 0.337 e. The number of aromatic nitrogens is 2. The third kappa shape index (κ3) is 2.68. The highest BCUT2D eigenvalue weighted by molar-refractivity contribution is 7.94. The highest BCUT2D eigenvalue weighted by Gasteiger charge is 2.43. The number of aryl methyl sites for hydroxylation is 1. The zero-order valence-electron chi connectivity index (χ0n) is 16.9. The molecular weight excluding hydrogens is 402 g/mol. The minimum atomic E-state index is -3.59. The molecule has 0 atom stereocenters. The molecule has 0 saturated carbocycles. The molecule has 1 fully saturated rings. The lowest BCUT2D eigenvalue weighted by Crippen LogP contribution is -2.49. The average Bonchev–Trinajstić information content (AvgIpc) is 3.18. The van der Waals surface area contributed by atoms with E-state index in [1.807, 2.05) is 60.0 Å². The van der Waals surface area contributed by atoms with Gasteiger partial charge >= 0.3 is 10.2 Å². The molecule has 4 heterocycles. The monoisotopic (exact) mass is 425 g/mol. The maximum atomic E-state index is 13.2. The fraction of sp³-hybridized carbons (Fsp3) is 0.333. The minimum Gasteiger partial charge on any atom is -0.337 e. The summed E-state index contributed by atoms with van der Waals surface area (Å²) in [5.74, 6) is -0.0635. The van der Waals surface area contributed by atoms with Crippen LogP contribution in [-0.2, 0) is 10.2 Å². The lowest BCUT2D eigenvalue weighted by Gasteiger charge is -2.36. The molecule has 0 N–H and O–H groups in total. The van der Waals surface area contributed by atoms with Crippen LogP contribution < -0.4 is 8.61 Å². The van der Waals surface area contributed by atoms with Gasteiger partial charge in [-0.3, -0.25) is 13.5 Å². The number of piperidine rings is 1. The second kappa shape index (κ2) is 6.73. The van der Waals surface area contributed by atoms with Crippen LogP contribution >= 0.6 is 0 Å². The van der Waals surface area contributed by atoms with Crippen molar-refractivity contribution in [1.29, 1.82) is 0 Å². The number of rotatable bonds is 2. The number of benzene rings is 1. The summed E-state index contributed by atoms with van der Waals surface area (Å²) in [6.45, 7) is 2.85. The van der Waals surface area contributed by atoms with Crippen LogP contribution in [0, 0.1) is 6.92 Å². The Morgan fingerprint density at radius 1 is 1.03 bits per heavy atom. The number of para-hydroxylation sites is 2. The molecule has 30 heavy (non-hydrogen) atoms. The Morgan fingerprint density at radius 2 is 1.70 bits per heavy atom. The predicted octanol–water partition coefficient (Wildman–Crippen LogP) is 2.45. The maximum Gasteiger partial charge on any atom is 0.326 e. The number of amides is 1. The van der Waals surface area contributed by atoms with Gasteiger partial charge < -0.3 is 4.90 Å². The molecule has 0 spiro atoms. The number of nitrogens with zero attached hydrogens (tertiary/aromatic N) is 5. The molecule has 8 nitrogen and oxygen atoms in total. The predicted molar refractivity (Wildman–Crippen MR) is 115 cm³/mol. The van der Waals surface area contributed by atoms with Crippen molar-refractivity contribution in [3.63, 3.8) is 0 Å². The maximum absolute atomic E-state index is 13.2. The quantitative estimate of drug-likeness (QED) is 0.632. The van der Waals surface area contributed by atoms with Crippen molar-refractivity contribution in [3.8, 4) is 0 Å². The Balaban J connectivity index is 1.38. The average molecular weight is 426 g/mol. The molecule has 1 saturated heterocycles. The van der Waals surface area contributed by atoms with E-state index in [-0.39, 0.29) is 11.9 Å². The molecule has 5 rings (SSSR count). The van der Waals surface area contributed by atoms with Crippen LogP contribution in [0.5, 0.6) is 0 Å². The number of fused-ring (bicyclic) bond motifs is 2. The van der Waals surface area contributed by atoms with Crippen molar-refractivity contribution in [2.75, 3.05) is 28.7 Å². The summed E-state index contributed by atoms with van der Waals surface area (Å²) in [6.07, 6.45) is 3.02. The van der Waals surface area contributed by atoms with Crippen molar-refractivity contribution in [3.05, 3.63) is 60.0 Å². The van der Waals surface area contributed by atoms with Crippen LogP contribution in [0.3, 0.4) is 0 Å². The molecule has 0 aliphatic carbocycles. The van der Waals surface area contributed by atoms with Gasteiger partial charge in [-0.25, -0.2) is 9.29 Å². The fourth-order valence-corrected chi connectivity index (χ4v) is 6.16. The second-order valence-corrected chi connectivity index (χ2v) is 9.59. The zero-order chi connectivity index (χ0) is 21.0. The highest BCUT2D eigenvalue weighted by Crippen LogP contribution is 2.42. The molecule has 2 aliphatic heterocycles. The summed E-state index contributed by atoms with van der Waals surface area (Å²) in [4.78, 5) is 19.5. The lowest BCUT2D eigenvalue weighted by atomic mass is 10.0. The van der Waals surface area contributed by atoms with Crippen molar-refractivity contribution in [2.45, 2.75) is 25.8 Å². The van der Waals surface area contributed by atoms with Gasteiger partial charge in [-0.2, -0.15) is 8.42 Å². The summed E-state index contributed by atoms with van der Waals surface area (Å²) < 4.78 is 30.7. The lowest BCUT2D eigenvalue weighted by molar-refractivity contribution is 0.0708. The van der Waals surface area contributed by atoms with Gasteiger partial charge in [-0.1, -0.05) is 18.2 Å². The van der Waals surface area contributed by atoms with Gasteiger partial charge in [0.15, 0.2) is 0 Å². The van der Waals surface area contributed by atoms with Gasteiger partial charge in [0.1, 0.15) is 11.3 Å². The van der Waals surface area contributed by atoms with E-state index in [1.165, 1.54) is 8.61 Å². The van der Waals surface area contributed by atoms with Crippen molar-refractivity contribution < 1.29 is 13.2 Å². The molecule has 0 unspecified atom stereocenters.